The lowest BCUT2D eigenvalue weighted by Gasteiger charge is -2.09. The molecule has 0 unspecified atom stereocenters. The average Bonchev–Trinajstić information content (AvgIpc) is 2.38. The maximum atomic E-state index is 11.2. The summed E-state index contributed by atoms with van der Waals surface area (Å²) >= 11 is 0. The molecule has 4 N–H and O–H groups in total. The fourth-order valence-corrected chi connectivity index (χ4v) is 1.81. The molecule has 0 saturated heterocycles. The van der Waals surface area contributed by atoms with E-state index in [-0.39, 0.29) is 10.6 Å². The lowest BCUT2D eigenvalue weighted by Crippen LogP contribution is -2.51. The second-order valence-corrected chi connectivity index (χ2v) is 5.49. The molecule has 0 atom stereocenters. The van der Waals surface area contributed by atoms with Crippen molar-refractivity contribution in [1.29, 1.82) is 0 Å². The van der Waals surface area contributed by atoms with E-state index in [0.717, 1.165) is 44.3 Å². The third-order valence-electron chi connectivity index (χ3n) is 3.24. The summed E-state index contributed by atoms with van der Waals surface area (Å²) in [6.45, 7) is 9.72. The Bertz CT molecular complexity index is 360. The van der Waals surface area contributed by atoms with Gasteiger partial charge in [-0.2, -0.15) is 0 Å². The van der Waals surface area contributed by atoms with Crippen molar-refractivity contribution in [3.05, 3.63) is 33.2 Å². The smallest absolute Gasteiger partial charge is 0.287 e. The van der Waals surface area contributed by atoms with Gasteiger partial charge >= 0.3 is 0 Å². The van der Waals surface area contributed by atoms with Crippen molar-refractivity contribution in [3.8, 4) is 0 Å². The van der Waals surface area contributed by atoms with Gasteiger partial charge in [-0.25, -0.2) is 0 Å². The van der Waals surface area contributed by atoms with Gasteiger partial charge in [-0.05, 0) is 32.1 Å². The molecule has 0 heterocycles. The van der Waals surface area contributed by atoms with Crippen LogP contribution < -0.4 is 11.1 Å². The highest BCUT2D eigenvalue weighted by molar-refractivity contribution is 5.22. The number of nitrogens with one attached hydrogen (secondary N) is 1. The topological polar surface area (TPSA) is 82.8 Å². The molecular formula is C15H30N3O2+. The minimum atomic E-state index is -0.294. The second kappa shape index (κ2) is 10.4. The van der Waals surface area contributed by atoms with E-state index in [4.69, 9.17) is 0 Å². The summed E-state index contributed by atoms with van der Waals surface area (Å²) in [5, 5.41) is 14.3. The molecule has 5 nitrogen and oxygen atoms in total. The number of allylic oxidation sites excluding steroid dienone is 3. The molecule has 0 rings (SSSR count). The molecule has 0 bridgehead atoms. The van der Waals surface area contributed by atoms with Crippen LogP contribution in [0.4, 0.5) is 0 Å². The fraction of sp³-hybridized carbons (Fsp3) is 0.733. The Kier molecular flexibility index (Phi) is 9.72. The second-order valence-electron chi connectivity index (χ2n) is 5.49. The first-order valence-corrected chi connectivity index (χ1v) is 7.50. The van der Waals surface area contributed by atoms with Crippen LogP contribution >= 0.6 is 0 Å². The number of quaternary nitrogens is 1. The van der Waals surface area contributed by atoms with Crippen molar-refractivity contribution in [2.75, 3.05) is 13.1 Å². The normalized spacial score (nSPS) is 13.4. The van der Waals surface area contributed by atoms with E-state index < -0.39 is 0 Å². The maximum absolute atomic E-state index is 11.2. The molecule has 5 heteroatoms. The van der Waals surface area contributed by atoms with Crippen LogP contribution in [0.15, 0.2) is 23.0 Å². The molecule has 20 heavy (non-hydrogen) atoms. The number of hydrogen-bond donors (Lipinski definition) is 2. The first-order valence-electron chi connectivity index (χ1n) is 7.50. The molecule has 0 fully saturated rings. The fourth-order valence-electron chi connectivity index (χ4n) is 1.81. The van der Waals surface area contributed by atoms with Crippen LogP contribution in [-0.2, 0) is 0 Å². The summed E-state index contributed by atoms with van der Waals surface area (Å²) < 4.78 is 0. The van der Waals surface area contributed by atoms with Crippen LogP contribution in [0, 0.1) is 16.0 Å². The molecule has 116 valence electrons. The number of hydrogen-bond acceptors (Lipinski definition) is 3. The van der Waals surface area contributed by atoms with Gasteiger partial charge in [-0.15, -0.1) is 0 Å². The van der Waals surface area contributed by atoms with Gasteiger partial charge in [0, 0.05) is 19.0 Å². The summed E-state index contributed by atoms with van der Waals surface area (Å²) in [5.74, 6) is 0.615. The molecule has 0 aromatic rings. The van der Waals surface area contributed by atoms with Crippen molar-refractivity contribution < 1.29 is 10.7 Å². The molecule has 0 aromatic heterocycles. The lowest BCUT2D eigenvalue weighted by molar-refractivity contribution is -0.420. The summed E-state index contributed by atoms with van der Waals surface area (Å²) in [6, 6.07) is 0. The molecule has 0 aliphatic heterocycles. The standard InChI is InChI=1S/C15H29N3O2/c1-5-14(8-7-12(2)3)11-15(18(19)20)13(4)17-10-6-9-16/h11-12,17H,5-10,16H2,1-4H3/p+1/b14-11-,15-13-. The number of nitrogens with zero attached hydrogens (tertiary/aromatic N) is 1. The zero-order chi connectivity index (χ0) is 15.5. The van der Waals surface area contributed by atoms with Crippen LogP contribution in [0.1, 0.15) is 53.4 Å². The van der Waals surface area contributed by atoms with Crippen molar-refractivity contribution in [2.24, 2.45) is 5.92 Å². The van der Waals surface area contributed by atoms with E-state index >= 15 is 0 Å². The highest BCUT2D eigenvalue weighted by atomic mass is 16.6. The Hall–Kier alpha value is -1.36. The molecule has 0 spiro atoms. The largest absolute Gasteiger partial charge is 0.383 e. The monoisotopic (exact) mass is 284 g/mol. The lowest BCUT2D eigenvalue weighted by atomic mass is 10.00. The molecule has 0 aromatic carbocycles. The van der Waals surface area contributed by atoms with Gasteiger partial charge in [0.05, 0.1) is 17.2 Å². The van der Waals surface area contributed by atoms with Gasteiger partial charge in [-0.3, -0.25) is 10.1 Å². The van der Waals surface area contributed by atoms with Gasteiger partial charge in [0.1, 0.15) is 0 Å². The summed E-state index contributed by atoms with van der Waals surface area (Å²) in [7, 11) is 0. The van der Waals surface area contributed by atoms with Crippen LogP contribution in [-0.4, -0.2) is 18.0 Å². The van der Waals surface area contributed by atoms with E-state index in [1.54, 1.807) is 13.0 Å². The Morgan fingerprint density at radius 1 is 1.45 bits per heavy atom. The molecular weight excluding hydrogens is 254 g/mol. The molecule has 0 amide bonds. The predicted molar refractivity (Wildman–Crippen MR) is 82.5 cm³/mol. The van der Waals surface area contributed by atoms with Crippen molar-refractivity contribution in [1.82, 2.24) is 5.32 Å². The highest BCUT2D eigenvalue weighted by Crippen LogP contribution is 2.18. The number of nitro groups is 1. The maximum Gasteiger partial charge on any atom is 0.287 e. The van der Waals surface area contributed by atoms with E-state index in [1.807, 2.05) is 0 Å². The highest BCUT2D eigenvalue weighted by Gasteiger charge is 2.13. The Morgan fingerprint density at radius 2 is 2.10 bits per heavy atom. The van der Waals surface area contributed by atoms with Gasteiger partial charge < -0.3 is 11.1 Å². The minimum Gasteiger partial charge on any atom is -0.383 e. The van der Waals surface area contributed by atoms with Gasteiger partial charge in [0.25, 0.3) is 5.70 Å². The Balaban J connectivity index is 4.95. The van der Waals surface area contributed by atoms with Gasteiger partial charge in [0.2, 0.25) is 0 Å². The zero-order valence-electron chi connectivity index (χ0n) is 13.4. The SMILES string of the molecule is CC/C(=C/C(=C(\C)NCCC[NH3+])[N+](=O)[O-])CCC(C)C. The number of rotatable bonds is 10. The van der Waals surface area contributed by atoms with Crippen LogP contribution in [0.3, 0.4) is 0 Å². The first-order chi connectivity index (χ1) is 9.42. The van der Waals surface area contributed by atoms with E-state index in [9.17, 15) is 10.1 Å². The van der Waals surface area contributed by atoms with Crippen LogP contribution in [0.2, 0.25) is 0 Å². The molecule has 0 aliphatic rings. The molecule has 0 radical (unpaired) electrons. The van der Waals surface area contributed by atoms with E-state index in [0.29, 0.717) is 11.6 Å². The van der Waals surface area contributed by atoms with Crippen LogP contribution in [0.25, 0.3) is 0 Å². The quantitative estimate of drug-likeness (QED) is 0.280. The average molecular weight is 284 g/mol. The first kappa shape index (κ1) is 18.6. The minimum absolute atomic E-state index is 0.190. The van der Waals surface area contributed by atoms with Crippen molar-refractivity contribution >= 4 is 0 Å². The third-order valence-corrected chi connectivity index (χ3v) is 3.24. The molecule has 0 saturated carbocycles. The van der Waals surface area contributed by atoms with Gasteiger partial charge in [-0.1, -0.05) is 26.3 Å². The van der Waals surface area contributed by atoms with Crippen LogP contribution in [0.5, 0.6) is 0 Å². The zero-order valence-corrected chi connectivity index (χ0v) is 13.4. The Labute approximate surface area is 122 Å². The van der Waals surface area contributed by atoms with E-state index in [1.165, 1.54) is 0 Å². The summed E-state index contributed by atoms with van der Waals surface area (Å²) in [6.07, 6.45) is 5.52. The van der Waals surface area contributed by atoms with Crippen molar-refractivity contribution in [3.63, 3.8) is 0 Å². The van der Waals surface area contributed by atoms with Crippen molar-refractivity contribution in [2.45, 2.75) is 53.4 Å². The predicted octanol–water partition coefficient (Wildman–Crippen LogP) is 2.49. The summed E-state index contributed by atoms with van der Waals surface area (Å²) in [4.78, 5) is 10.9. The third kappa shape index (κ3) is 7.94. The van der Waals surface area contributed by atoms with Gasteiger partial charge in [0.15, 0.2) is 0 Å². The van der Waals surface area contributed by atoms with E-state index in [2.05, 4.69) is 31.8 Å². The Morgan fingerprint density at radius 3 is 2.55 bits per heavy atom. The summed E-state index contributed by atoms with van der Waals surface area (Å²) in [5.41, 5.74) is 5.73. The molecule has 0 aliphatic carbocycles.